The first-order chi connectivity index (χ1) is 14.1. The van der Waals surface area contributed by atoms with E-state index in [0.717, 1.165) is 31.5 Å². The zero-order chi connectivity index (χ0) is 20.2. The summed E-state index contributed by atoms with van der Waals surface area (Å²) in [5.74, 6) is -0.377. The molecule has 0 radical (unpaired) electrons. The number of likely N-dealkylation sites (tertiary alicyclic amines) is 1. The molecule has 0 saturated carbocycles. The van der Waals surface area contributed by atoms with E-state index in [2.05, 4.69) is 45.7 Å². The minimum absolute atomic E-state index is 0.00754. The summed E-state index contributed by atoms with van der Waals surface area (Å²) in [6.07, 6.45) is 5.55. The van der Waals surface area contributed by atoms with Crippen molar-refractivity contribution in [3.05, 3.63) is 41.5 Å². The molecule has 1 aliphatic rings. The first kappa shape index (κ1) is 18.7. The number of anilines is 1. The molecule has 4 heterocycles. The van der Waals surface area contributed by atoms with Crippen LogP contribution < -0.4 is 11.2 Å². The maximum atomic E-state index is 13.0. The zero-order valence-electron chi connectivity index (χ0n) is 15.8. The lowest BCUT2D eigenvalue weighted by atomic mass is 10.2. The summed E-state index contributed by atoms with van der Waals surface area (Å²) in [6.45, 7) is 4.17. The summed E-state index contributed by atoms with van der Waals surface area (Å²) in [7, 11) is 0. The van der Waals surface area contributed by atoms with Crippen molar-refractivity contribution < 1.29 is 9.42 Å². The molecule has 29 heavy (non-hydrogen) atoms. The molecule has 150 valence electrons. The third-order valence-electron chi connectivity index (χ3n) is 4.65. The van der Waals surface area contributed by atoms with Crippen molar-refractivity contribution in [2.45, 2.75) is 26.3 Å². The topological polar surface area (TPSA) is 153 Å². The van der Waals surface area contributed by atoms with Gasteiger partial charge in [-0.25, -0.2) is 10.1 Å². The molecular weight excluding hydrogens is 376 g/mol. The highest BCUT2D eigenvalue weighted by Crippen LogP contribution is 2.19. The number of carbonyl (C=O) groups excluding carboxylic acids is 1. The molecule has 0 spiro atoms. The average Bonchev–Trinajstić information content (AvgIpc) is 3.48. The summed E-state index contributed by atoms with van der Waals surface area (Å²) in [5.41, 5.74) is 10.5. The molecule has 3 N–H and O–H groups in total. The van der Waals surface area contributed by atoms with Crippen molar-refractivity contribution >= 4 is 17.4 Å². The Morgan fingerprint density at radius 1 is 1.28 bits per heavy atom. The molecule has 4 rings (SSSR count). The summed E-state index contributed by atoms with van der Waals surface area (Å²) in [4.78, 5) is 19.2. The van der Waals surface area contributed by atoms with E-state index >= 15 is 0 Å². The fourth-order valence-corrected chi connectivity index (χ4v) is 3.13. The summed E-state index contributed by atoms with van der Waals surface area (Å²) < 4.78 is 5.87. The minimum atomic E-state index is -0.486. The van der Waals surface area contributed by atoms with Gasteiger partial charge in [0.25, 0.3) is 5.91 Å². The maximum absolute atomic E-state index is 13.0. The fourth-order valence-electron chi connectivity index (χ4n) is 3.13. The summed E-state index contributed by atoms with van der Waals surface area (Å²) in [5, 5.41) is 19.7. The van der Waals surface area contributed by atoms with Crippen molar-refractivity contribution in [3.8, 4) is 5.82 Å². The van der Waals surface area contributed by atoms with Gasteiger partial charge in [-0.1, -0.05) is 5.21 Å². The lowest BCUT2D eigenvalue weighted by Crippen LogP contribution is -2.26. The van der Waals surface area contributed by atoms with Crippen molar-refractivity contribution in [1.82, 2.24) is 40.6 Å². The lowest BCUT2D eigenvalue weighted by Gasteiger charge is -2.13. The quantitative estimate of drug-likeness (QED) is 0.444. The molecule has 1 aliphatic heterocycles. The van der Waals surface area contributed by atoms with E-state index in [1.165, 1.54) is 4.68 Å². The molecule has 1 saturated heterocycles. The van der Waals surface area contributed by atoms with Crippen molar-refractivity contribution in [3.63, 3.8) is 0 Å². The Bertz CT molecular complexity index is 1020. The molecule has 0 aliphatic carbocycles. The van der Waals surface area contributed by atoms with Crippen LogP contribution in [0.4, 0.5) is 5.82 Å². The number of nitrogens with zero attached hydrogens (tertiary/aromatic N) is 8. The summed E-state index contributed by atoms with van der Waals surface area (Å²) in [6, 6.07) is 3.61. The molecule has 0 unspecified atom stereocenters. The van der Waals surface area contributed by atoms with E-state index in [4.69, 9.17) is 5.73 Å². The van der Waals surface area contributed by atoms with Crippen LogP contribution in [0.1, 0.15) is 41.5 Å². The monoisotopic (exact) mass is 396 g/mol. The van der Waals surface area contributed by atoms with Crippen molar-refractivity contribution in [2.75, 3.05) is 18.8 Å². The second-order valence-corrected chi connectivity index (χ2v) is 6.63. The van der Waals surface area contributed by atoms with Crippen LogP contribution in [-0.4, -0.2) is 59.9 Å². The number of hydrogen-bond donors (Lipinski definition) is 2. The van der Waals surface area contributed by atoms with Gasteiger partial charge in [0.05, 0.1) is 5.71 Å². The largest absolute Gasteiger partial charge is 0.378 e. The highest BCUT2D eigenvalue weighted by molar-refractivity contribution is 6.00. The smallest absolute Gasteiger partial charge is 0.292 e. The van der Waals surface area contributed by atoms with Gasteiger partial charge in [0.1, 0.15) is 5.69 Å². The van der Waals surface area contributed by atoms with Gasteiger partial charge in [-0.3, -0.25) is 14.7 Å². The van der Waals surface area contributed by atoms with Crippen LogP contribution in [0, 0.1) is 0 Å². The van der Waals surface area contributed by atoms with Crippen molar-refractivity contribution in [2.24, 2.45) is 5.10 Å². The number of hydrazone groups is 1. The Balaban J connectivity index is 1.63. The van der Waals surface area contributed by atoms with Gasteiger partial charge in [0.2, 0.25) is 11.6 Å². The minimum Gasteiger partial charge on any atom is -0.378 e. The van der Waals surface area contributed by atoms with E-state index in [1.54, 1.807) is 31.5 Å². The van der Waals surface area contributed by atoms with E-state index in [-0.39, 0.29) is 17.3 Å². The van der Waals surface area contributed by atoms with Crippen LogP contribution >= 0.6 is 0 Å². The molecular formula is C17H20N10O2. The van der Waals surface area contributed by atoms with Gasteiger partial charge < -0.3 is 5.73 Å². The van der Waals surface area contributed by atoms with Crippen LogP contribution in [0.15, 0.2) is 34.3 Å². The number of nitrogens with one attached hydrogen (secondary N) is 1. The van der Waals surface area contributed by atoms with Crippen molar-refractivity contribution in [1.29, 1.82) is 0 Å². The number of carbonyl (C=O) groups is 1. The molecule has 0 aromatic carbocycles. The van der Waals surface area contributed by atoms with Crippen LogP contribution in [0.25, 0.3) is 5.82 Å². The first-order valence-corrected chi connectivity index (χ1v) is 9.14. The van der Waals surface area contributed by atoms with E-state index in [0.29, 0.717) is 18.0 Å². The van der Waals surface area contributed by atoms with Crippen LogP contribution in [0.2, 0.25) is 0 Å². The maximum Gasteiger partial charge on any atom is 0.292 e. The average molecular weight is 396 g/mol. The standard InChI is InChI=1S/C17H20N10O2/c1-11(12-4-6-19-7-5-12)20-22-17(28)14-13(10-26-8-2-3-9-26)21-25-27(14)16-15(18)23-29-24-16/h4-7H,2-3,8-10H2,1H3,(H2,18,23)(H,22,28)/b20-11-. The second-order valence-electron chi connectivity index (χ2n) is 6.63. The first-order valence-electron chi connectivity index (χ1n) is 9.14. The van der Waals surface area contributed by atoms with Gasteiger partial charge in [-0.05, 0) is 55.3 Å². The predicted octanol–water partition coefficient (Wildman–Crippen LogP) is 0.377. The molecule has 1 amide bonds. The van der Waals surface area contributed by atoms with Gasteiger partial charge in [0, 0.05) is 24.5 Å². The van der Waals surface area contributed by atoms with E-state index < -0.39 is 5.91 Å². The fraction of sp³-hybridized carbons (Fsp3) is 0.353. The van der Waals surface area contributed by atoms with Crippen LogP contribution in [-0.2, 0) is 6.54 Å². The highest BCUT2D eigenvalue weighted by Gasteiger charge is 2.27. The molecule has 12 nitrogen and oxygen atoms in total. The number of rotatable bonds is 6. The number of aromatic nitrogens is 6. The zero-order valence-corrected chi connectivity index (χ0v) is 15.8. The predicted molar refractivity (Wildman–Crippen MR) is 102 cm³/mol. The lowest BCUT2D eigenvalue weighted by molar-refractivity contribution is 0.0945. The number of amides is 1. The normalized spacial score (nSPS) is 15.0. The molecule has 0 atom stereocenters. The SMILES string of the molecule is C/C(=N/NC(=O)c1c(CN2CCCC2)nnn1-c1nonc1N)c1ccncc1. The molecule has 1 fully saturated rings. The Kier molecular flexibility index (Phi) is 5.24. The third-order valence-corrected chi connectivity index (χ3v) is 4.65. The Hall–Kier alpha value is -3.67. The number of pyridine rings is 1. The Morgan fingerprint density at radius 3 is 2.72 bits per heavy atom. The number of nitrogens with two attached hydrogens (primary N) is 1. The van der Waals surface area contributed by atoms with Gasteiger partial charge >= 0.3 is 0 Å². The second kappa shape index (κ2) is 8.14. The molecule has 0 bridgehead atoms. The molecule has 3 aromatic rings. The van der Waals surface area contributed by atoms with E-state index in [1.807, 2.05) is 0 Å². The number of nitrogen functional groups attached to an aromatic ring is 1. The Labute approximate surface area is 165 Å². The summed E-state index contributed by atoms with van der Waals surface area (Å²) >= 11 is 0. The van der Waals surface area contributed by atoms with E-state index in [9.17, 15) is 4.79 Å². The number of hydrogen-bond acceptors (Lipinski definition) is 10. The van der Waals surface area contributed by atoms with Crippen LogP contribution in [0.3, 0.4) is 0 Å². The third kappa shape index (κ3) is 3.96. The molecule has 3 aromatic heterocycles. The Morgan fingerprint density at radius 2 is 2.03 bits per heavy atom. The van der Waals surface area contributed by atoms with Gasteiger partial charge in [-0.15, -0.1) is 5.10 Å². The highest BCUT2D eigenvalue weighted by atomic mass is 16.6. The van der Waals surface area contributed by atoms with Gasteiger partial charge in [-0.2, -0.15) is 9.78 Å². The van der Waals surface area contributed by atoms with Crippen LogP contribution in [0.5, 0.6) is 0 Å². The van der Waals surface area contributed by atoms with Gasteiger partial charge in [0.15, 0.2) is 5.69 Å². The molecule has 12 heteroatoms.